The number of esters is 1. The van der Waals surface area contributed by atoms with Crippen LogP contribution in [0.25, 0.3) is 6.08 Å². The van der Waals surface area contributed by atoms with Crippen LogP contribution < -0.4 is 9.47 Å². The van der Waals surface area contributed by atoms with Crippen LogP contribution in [0.3, 0.4) is 0 Å². The lowest BCUT2D eigenvalue weighted by atomic mass is 10.0. The number of ether oxygens (including phenoxy) is 3. The maximum absolute atomic E-state index is 12.4. The Bertz CT molecular complexity index is 951. The van der Waals surface area contributed by atoms with Crippen LogP contribution in [0.1, 0.15) is 22.3 Å². The van der Waals surface area contributed by atoms with E-state index in [1.165, 1.54) is 25.3 Å². The molecule has 0 fully saturated rings. The largest absolute Gasteiger partial charge is 0.493 e. The number of cyclic esters (lactones) is 1. The minimum atomic E-state index is -2.97. The SMILES string of the molecule is COc1cc(C2=N/C(=C\c3cc(C)ccc3C)C(=O)O2)ccc1OC(F)F. The molecule has 0 unspecified atom stereocenters. The predicted octanol–water partition coefficient (Wildman–Crippen LogP) is 4.26. The molecular formula is C20H17F2NO4. The molecule has 0 aliphatic carbocycles. The number of nitrogens with zero attached hydrogens (tertiary/aromatic N) is 1. The van der Waals surface area contributed by atoms with Gasteiger partial charge in [0.2, 0.25) is 5.90 Å². The van der Waals surface area contributed by atoms with Crippen molar-refractivity contribution < 1.29 is 27.8 Å². The smallest absolute Gasteiger partial charge is 0.387 e. The number of carbonyl (C=O) groups excluding carboxylic acids is 1. The number of aliphatic imine (C=N–C) groups is 1. The van der Waals surface area contributed by atoms with Gasteiger partial charge in [-0.15, -0.1) is 0 Å². The van der Waals surface area contributed by atoms with Gasteiger partial charge in [0.25, 0.3) is 0 Å². The lowest BCUT2D eigenvalue weighted by Crippen LogP contribution is -2.07. The van der Waals surface area contributed by atoms with E-state index in [9.17, 15) is 13.6 Å². The van der Waals surface area contributed by atoms with Crippen molar-refractivity contribution in [1.82, 2.24) is 0 Å². The highest BCUT2D eigenvalue weighted by atomic mass is 19.3. The highest BCUT2D eigenvalue weighted by Gasteiger charge is 2.25. The van der Waals surface area contributed by atoms with Crippen molar-refractivity contribution in [3.8, 4) is 11.5 Å². The molecule has 0 spiro atoms. The molecule has 0 N–H and O–H groups in total. The first-order valence-electron chi connectivity index (χ1n) is 8.10. The minimum absolute atomic E-state index is 0.0680. The van der Waals surface area contributed by atoms with E-state index in [1.54, 1.807) is 6.08 Å². The van der Waals surface area contributed by atoms with Gasteiger partial charge in [-0.25, -0.2) is 9.79 Å². The molecule has 27 heavy (non-hydrogen) atoms. The first-order valence-corrected chi connectivity index (χ1v) is 8.10. The molecule has 3 rings (SSSR count). The third-order valence-electron chi connectivity index (χ3n) is 3.97. The summed E-state index contributed by atoms with van der Waals surface area (Å²) in [6.45, 7) is 0.917. The molecule has 1 heterocycles. The molecule has 5 nitrogen and oxygen atoms in total. The Morgan fingerprint density at radius 1 is 1.11 bits per heavy atom. The number of carbonyl (C=O) groups is 1. The number of rotatable bonds is 5. The lowest BCUT2D eigenvalue weighted by Gasteiger charge is -2.10. The topological polar surface area (TPSA) is 57.1 Å². The van der Waals surface area contributed by atoms with E-state index in [-0.39, 0.29) is 23.1 Å². The zero-order valence-electron chi connectivity index (χ0n) is 15.0. The standard InChI is InChI=1S/C20H17F2NO4/c1-11-4-5-12(2)14(8-11)9-15-19(24)27-18(23-15)13-6-7-16(26-20(21)22)17(10-13)25-3/h4-10,20H,1-3H3/b15-9-. The van der Waals surface area contributed by atoms with Crippen LogP contribution in [0, 0.1) is 13.8 Å². The van der Waals surface area contributed by atoms with Crippen molar-refractivity contribution in [2.45, 2.75) is 20.5 Å². The Morgan fingerprint density at radius 3 is 2.59 bits per heavy atom. The number of benzene rings is 2. The van der Waals surface area contributed by atoms with E-state index >= 15 is 0 Å². The minimum Gasteiger partial charge on any atom is -0.493 e. The fraction of sp³-hybridized carbons (Fsp3) is 0.200. The van der Waals surface area contributed by atoms with Gasteiger partial charge in [-0.2, -0.15) is 8.78 Å². The molecule has 0 bridgehead atoms. The maximum atomic E-state index is 12.4. The number of hydrogen-bond donors (Lipinski definition) is 0. The Balaban J connectivity index is 1.94. The first kappa shape index (κ1) is 18.6. The van der Waals surface area contributed by atoms with Gasteiger partial charge in [0, 0.05) is 5.56 Å². The van der Waals surface area contributed by atoms with Crippen molar-refractivity contribution in [2.24, 2.45) is 4.99 Å². The summed E-state index contributed by atoms with van der Waals surface area (Å²) in [6, 6.07) is 10.1. The highest BCUT2D eigenvalue weighted by Crippen LogP contribution is 2.31. The van der Waals surface area contributed by atoms with Crippen LogP contribution in [0.4, 0.5) is 8.78 Å². The van der Waals surface area contributed by atoms with Gasteiger partial charge in [0.15, 0.2) is 17.2 Å². The van der Waals surface area contributed by atoms with Gasteiger partial charge in [0.1, 0.15) is 0 Å². The molecule has 0 radical (unpaired) electrons. The van der Waals surface area contributed by atoms with Gasteiger partial charge in [-0.05, 0) is 49.2 Å². The third-order valence-corrected chi connectivity index (χ3v) is 3.97. The summed E-state index contributed by atoms with van der Waals surface area (Å²) >= 11 is 0. The number of hydrogen-bond acceptors (Lipinski definition) is 5. The Kier molecular flexibility index (Phi) is 5.21. The number of aryl methyl sites for hydroxylation is 2. The quantitative estimate of drug-likeness (QED) is 0.581. The normalized spacial score (nSPS) is 15.1. The number of halogens is 2. The Labute approximate surface area is 154 Å². The zero-order chi connectivity index (χ0) is 19.6. The molecule has 0 saturated carbocycles. The molecule has 2 aromatic carbocycles. The summed E-state index contributed by atoms with van der Waals surface area (Å²) in [6.07, 6.45) is 1.66. The van der Waals surface area contributed by atoms with E-state index in [0.717, 1.165) is 16.7 Å². The van der Waals surface area contributed by atoms with Crippen molar-refractivity contribution in [3.05, 3.63) is 64.3 Å². The molecule has 1 aliphatic rings. The summed E-state index contributed by atoms with van der Waals surface area (Å²) < 4.78 is 39.5. The Morgan fingerprint density at radius 2 is 1.89 bits per heavy atom. The second-order valence-electron chi connectivity index (χ2n) is 5.94. The fourth-order valence-corrected chi connectivity index (χ4v) is 2.59. The molecular weight excluding hydrogens is 356 g/mol. The van der Waals surface area contributed by atoms with E-state index < -0.39 is 12.6 Å². The van der Waals surface area contributed by atoms with Gasteiger partial charge in [-0.1, -0.05) is 23.8 Å². The molecule has 1 aliphatic heterocycles. The van der Waals surface area contributed by atoms with Crippen LogP contribution in [0.5, 0.6) is 11.5 Å². The molecule has 140 valence electrons. The Hall–Kier alpha value is -3.22. The summed E-state index contributed by atoms with van der Waals surface area (Å²) in [4.78, 5) is 16.4. The van der Waals surface area contributed by atoms with Crippen LogP contribution in [0.2, 0.25) is 0 Å². The summed E-state index contributed by atoms with van der Waals surface area (Å²) in [5.74, 6) is -0.554. The van der Waals surface area contributed by atoms with Crippen molar-refractivity contribution in [2.75, 3.05) is 7.11 Å². The van der Waals surface area contributed by atoms with E-state index in [2.05, 4.69) is 9.73 Å². The lowest BCUT2D eigenvalue weighted by molar-refractivity contribution is -0.129. The van der Waals surface area contributed by atoms with Crippen LogP contribution >= 0.6 is 0 Å². The van der Waals surface area contributed by atoms with Gasteiger partial charge in [-0.3, -0.25) is 0 Å². The monoisotopic (exact) mass is 373 g/mol. The molecule has 0 atom stereocenters. The molecule has 0 saturated heterocycles. The summed E-state index contributed by atoms with van der Waals surface area (Å²) in [5, 5.41) is 0. The first-order chi connectivity index (χ1) is 12.9. The molecule has 2 aromatic rings. The van der Waals surface area contributed by atoms with Crippen LogP contribution in [0.15, 0.2) is 47.1 Å². The second-order valence-corrected chi connectivity index (χ2v) is 5.94. The average Bonchev–Trinajstić information content (AvgIpc) is 2.98. The van der Waals surface area contributed by atoms with Crippen LogP contribution in [-0.4, -0.2) is 25.6 Å². The van der Waals surface area contributed by atoms with Crippen LogP contribution in [-0.2, 0) is 9.53 Å². The van der Waals surface area contributed by atoms with Crippen molar-refractivity contribution in [1.29, 1.82) is 0 Å². The summed E-state index contributed by atoms with van der Waals surface area (Å²) in [7, 11) is 1.33. The number of methoxy groups -OCH3 is 1. The summed E-state index contributed by atoms with van der Waals surface area (Å²) in [5.41, 5.74) is 3.49. The molecule has 0 amide bonds. The second kappa shape index (κ2) is 7.57. The fourth-order valence-electron chi connectivity index (χ4n) is 2.59. The van der Waals surface area contributed by atoms with Gasteiger partial charge < -0.3 is 14.2 Å². The average molecular weight is 373 g/mol. The zero-order valence-corrected chi connectivity index (χ0v) is 15.0. The molecule has 7 heteroatoms. The van der Waals surface area contributed by atoms with E-state index in [1.807, 2.05) is 32.0 Å². The number of alkyl halides is 2. The van der Waals surface area contributed by atoms with Crippen molar-refractivity contribution >= 4 is 17.9 Å². The highest BCUT2D eigenvalue weighted by molar-refractivity contribution is 6.13. The predicted molar refractivity (Wildman–Crippen MR) is 96.1 cm³/mol. The van der Waals surface area contributed by atoms with Gasteiger partial charge in [0.05, 0.1) is 7.11 Å². The van der Waals surface area contributed by atoms with Gasteiger partial charge >= 0.3 is 12.6 Å². The van der Waals surface area contributed by atoms with E-state index in [0.29, 0.717) is 5.56 Å². The molecule has 0 aromatic heterocycles. The third kappa shape index (κ3) is 4.13. The van der Waals surface area contributed by atoms with E-state index in [4.69, 9.17) is 9.47 Å². The van der Waals surface area contributed by atoms with Crippen molar-refractivity contribution in [3.63, 3.8) is 0 Å². The maximum Gasteiger partial charge on any atom is 0.387 e.